The standard InChI is InChI=1S/C23H25NO4/c1-3-4-5-6-7-15-8-13-19-18(14-15)22(26)20(23(27)24-19)21(25)16-9-11-17(28-2)12-10-16/h8-14H,3-7H2,1-2H3,(H2,24,26,27). The number of aryl methyl sites for hydroxylation is 1. The van der Waals surface area contributed by atoms with Gasteiger partial charge in [0.25, 0.3) is 5.56 Å². The molecule has 1 aromatic heterocycles. The molecule has 0 radical (unpaired) electrons. The normalized spacial score (nSPS) is 10.9. The largest absolute Gasteiger partial charge is 0.506 e. The Morgan fingerprint density at radius 1 is 1.07 bits per heavy atom. The molecule has 0 spiro atoms. The van der Waals surface area contributed by atoms with Crippen LogP contribution >= 0.6 is 0 Å². The van der Waals surface area contributed by atoms with Gasteiger partial charge in [0, 0.05) is 10.9 Å². The maximum absolute atomic E-state index is 12.8. The molecule has 0 atom stereocenters. The highest BCUT2D eigenvalue weighted by molar-refractivity contribution is 6.12. The van der Waals surface area contributed by atoms with Crippen molar-refractivity contribution in [1.29, 1.82) is 0 Å². The zero-order chi connectivity index (χ0) is 20.1. The van der Waals surface area contributed by atoms with Gasteiger partial charge in [-0.25, -0.2) is 0 Å². The molecule has 28 heavy (non-hydrogen) atoms. The molecular formula is C23H25NO4. The quantitative estimate of drug-likeness (QED) is 0.443. The van der Waals surface area contributed by atoms with Gasteiger partial charge in [-0.3, -0.25) is 9.59 Å². The number of ether oxygens (including phenoxy) is 1. The fraction of sp³-hybridized carbons (Fsp3) is 0.304. The van der Waals surface area contributed by atoms with Gasteiger partial charge in [-0.2, -0.15) is 0 Å². The number of carbonyl (C=O) groups is 1. The number of benzene rings is 2. The summed E-state index contributed by atoms with van der Waals surface area (Å²) >= 11 is 0. The number of nitrogens with one attached hydrogen (secondary N) is 1. The van der Waals surface area contributed by atoms with E-state index in [0.717, 1.165) is 24.8 Å². The number of fused-ring (bicyclic) bond motifs is 1. The molecule has 0 amide bonds. The smallest absolute Gasteiger partial charge is 0.263 e. The molecule has 3 rings (SSSR count). The number of unbranched alkanes of at least 4 members (excludes halogenated alkanes) is 3. The van der Waals surface area contributed by atoms with Crippen LogP contribution in [0, 0.1) is 0 Å². The third-order valence-electron chi connectivity index (χ3n) is 4.95. The first-order valence-corrected chi connectivity index (χ1v) is 9.61. The summed E-state index contributed by atoms with van der Waals surface area (Å²) in [7, 11) is 1.54. The highest BCUT2D eigenvalue weighted by Gasteiger charge is 2.21. The number of H-pyrrole nitrogens is 1. The minimum Gasteiger partial charge on any atom is -0.506 e. The molecule has 0 saturated heterocycles. The first kappa shape index (κ1) is 19.7. The van der Waals surface area contributed by atoms with Crippen molar-refractivity contribution in [2.45, 2.75) is 39.0 Å². The van der Waals surface area contributed by atoms with E-state index in [0.29, 0.717) is 22.2 Å². The molecule has 0 unspecified atom stereocenters. The van der Waals surface area contributed by atoms with Crippen molar-refractivity contribution in [3.05, 3.63) is 69.5 Å². The first-order chi connectivity index (χ1) is 13.5. The maximum atomic E-state index is 12.8. The maximum Gasteiger partial charge on any atom is 0.263 e. The monoisotopic (exact) mass is 379 g/mol. The number of hydrogen-bond acceptors (Lipinski definition) is 4. The summed E-state index contributed by atoms with van der Waals surface area (Å²) < 4.78 is 5.09. The van der Waals surface area contributed by atoms with Crippen LogP contribution in [0.1, 0.15) is 54.1 Å². The first-order valence-electron chi connectivity index (χ1n) is 9.61. The van der Waals surface area contributed by atoms with E-state index in [1.54, 1.807) is 30.3 Å². The van der Waals surface area contributed by atoms with Crippen molar-refractivity contribution in [3.63, 3.8) is 0 Å². The van der Waals surface area contributed by atoms with Crippen molar-refractivity contribution >= 4 is 16.7 Å². The van der Waals surface area contributed by atoms with Gasteiger partial charge in [0.05, 0.1) is 12.6 Å². The van der Waals surface area contributed by atoms with Crippen LogP contribution < -0.4 is 10.3 Å². The Balaban J connectivity index is 1.97. The lowest BCUT2D eigenvalue weighted by molar-refractivity contribution is 0.103. The number of aromatic hydroxyl groups is 1. The van der Waals surface area contributed by atoms with E-state index < -0.39 is 11.3 Å². The molecule has 0 saturated carbocycles. The fourth-order valence-corrected chi connectivity index (χ4v) is 3.33. The summed E-state index contributed by atoms with van der Waals surface area (Å²) in [5, 5.41) is 11.2. The molecule has 0 aliphatic heterocycles. The highest BCUT2D eigenvalue weighted by Crippen LogP contribution is 2.28. The van der Waals surface area contributed by atoms with Crippen LogP contribution in [0.15, 0.2) is 47.3 Å². The number of ketones is 1. The number of aromatic nitrogens is 1. The lowest BCUT2D eigenvalue weighted by Crippen LogP contribution is -2.19. The van der Waals surface area contributed by atoms with Crippen molar-refractivity contribution in [1.82, 2.24) is 4.98 Å². The second kappa shape index (κ2) is 8.74. The van der Waals surface area contributed by atoms with Crippen LogP contribution in [0.25, 0.3) is 10.9 Å². The molecule has 0 bridgehead atoms. The van der Waals surface area contributed by atoms with Gasteiger partial charge in [0.1, 0.15) is 17.1 Å². The predicted octanol–water partition coefficient (Wildman–Crippen LogP) is 4.60. The van der Waals surface area contributed by atoms with Crippen molar-refractivity contribution in [2.75, 3.05) is 7.11 Å². The van der Waals surface area contributed by atoms with Crippen molar-refractivity contribution in [3.8, 4) is 11.5 Å². The Bertz CT molecular complexity index is 1030. The van der Waals surface area contributed by atoms with E-state index in [1.807, 2.05) is 12.1 Å². The summed E-state index contributed by atoms with van der Waals surface area (Å²) in [5.41, 5.74) is 1.08. The molecule has 0 aliphatic rings. The topological polar surface area (TPSA) is 79.4 Å². The summed E-state index contributed by atoms with van der Waals surface area (Å²) in [6.45, 7) is 2.17. The average molecular weight is 379 g/mol. The second-order valence-electron chi connectivity index (χ2n) is 6.93. The van der Waals surface area contributed by atoms with Crippen LogP contribution in [0.4, 0.5) is 0 Å². The number of aromatic amines is 1. The van der Waals surface area contributed by atoms with Gasteiger partial charge < -0.3 is 14.8 Å². The molecule has 1 heterocycles. The van der Waals surface area contributed by atoms with Crippen LogP contribution in [0.2, 0.25) is 0 Å². The molecule has 0 aliphatic carbocycles. The van der Waals surface area contributed by atoms with Crippen LogP contribution in [-0.2, 0) is 6.42 Å². The number of rotatable bonds is 8. The minimum absolute atomic E-state index is 0.235. The third-order valence-corrected chi connectivity index (χ3v) is 4.95. The molecule has 2 aromatic carbocycles. The number of carbonyl (C=O) groups excluding carboxylic acids is 1. The Kier molecular flexibility index (Phi) is 6.14. The SMILES string of the molecule is CCCCCCc1ccc2[nH]c(=O)c(C(=O)c3ccc(OC)cc3)c(O)c2c1. The highest BCUT2D eigenvalue weighted by atomic mass is 16.5. The number of methoxy groups -OCH3 is 1. The Morgan fingerprint density at radius 3 is 2.50 bits per heavy atom. The van der Waals surface area contributed by atoms with E-state index in [4.69, 9.17) is 4.74 Å². The van der Waals surface area contributed by atoms with Gasteiger partial charge in [0.15, 0.2) is 0 Å². The second-order valence-corrected chi connectivity index (χ2v) is 6.93. The zero-order valence-corrected chi connectivity index (χ0v) is 16.2. The molecule has 5 heteroatoms. The molecule has 0 fully saturated rings. The molecule has 2 N–H and O–H groups in total. The minimum atomic E-state index is -0.596. The van der Waals surface area contributed by atoms with Crippen LogP contribution in [0.5, 0.6) is 11.5 Å². The fourth-order valence-electron chi connectivity index (χ4n) is 3.33. The van der Waals surface area contributed by atoms with Crippen molar-refractivity contribution in [2.24, 2.45) is 0 Å². The van der Waals surface area contributed by atoms with Crippen LogP contribution in [-0.4, -0.2) is 23.0 Å². The van der Waals surface area contributed by atoms with Gasteiger partial charge in [-0.05, 0) is 54.8 Å². The summed E-state index contributed by atoms with van der Waals surface area (Å²) in [5.74, 6) is -0.174. The molecule has 3 aromatic rings. The van der Waals surface area contributed by atoms with E-state index >= 15 is 0 Å². The average Bonchev–Trinajstić information content (AvgIpc) is 2.71. The van der Waals surface area contributed by atoms with Gasteiger partial charge in [-0.1, -0.05) is 32.3 Å². The number of hydrogen-bond donors (Lipinski definition) is 2. The van der Waals surface area contributed by atoms with Gasteiger partial charge in [0.2, 0.25) is 5.78 Å². The van der Waals surface area contributed by atoms with E-state index in [1.165, 1.54) is 20.0 Å². The molecule has 146 valence electrons. The predicted molar refractivity (Wildman–Crippen MR) is 111 cm³/mol. The van der Waals surface area contributed by atoms with E-state index in [-0.39, 0.29) is 11.3 Å². The zero-order valence-electron chi connectivity index (χ0n) is 16.2. The van der Waals surface area contributed by atoms with Gasteiger partial charge in [-0.15, -0.1) is 0 Å². The number of pyridine rings is 1. The Morgan fingerprint density at radius 2 is 1.82 bits per heavy atom. The lowest BCUT2D eigenvalue weighted by atomic mass is 9.99. The lowest BCUT2D eigenvalue weighted by Gasteiger charge is -2.09. The molecular weight excluding hydrogens is 354 g/mol. The van der Waals surface area contributed by atoms with E-state index in [2.05, 4.69) is 11.9 Å². The van der Waals surface area contributed by atoms with Gasteiger partial charge >= 0.3 is 0 Å². The Labute approximate surface area is 164 Å². The van der Waals surface area contributed by atoms with Crippen LogP contribution in [0.3, 0.4) is 0 Å². The van der Waals surface area contributed by atoms with E-state index in [9.17, 15) is 14.7 Å². The molecule has 5 nitrogen and oxygen atoms in total. The summed E-state index contributed by atoms with van der Waals surface area (Å²) in [6, 6.07) is 12.0. The summed E-state index contributed by atoms with van der Waals surface area (Å²) in [6.07, 6.45) is 5.51. The Hall–Kier alpha value is -3.08. The van der Waals surface area contributed by atoms with Crippen molar-refractivity contribution < 1.29 is 14.6 Å². The summed E-state index contributed by atoms with van der Waals surface area (Å²) in [4.78, 5) is 28.0. The third kappa shape index (κ3) is 4.09.